The second-order valence-corrected chi connectivity index (χ2v) is 4.97. The van der Waals surface area contributed by atoms with Gasteiger partial charge < -0.3 is 4.74 Å². The highest BCUT2D eigenvalue weighted by molar-refractivity contribution is 9.11. The number of unbranched alkanes of at least 4 members (excludes halogenated alkanes) is 2. The summed E-state index contributed by atoms with van der Waals surface area (Å²) in [4.78, 5) is 15.7. The van der Waals surface area contributed by atoms with E-state index in [0.29, 0.717) is 21.4 Å². The van der Waals surface area contributed by atoms with E-state index in [1.54, 1.807) is 12.1 Å². The number of halogens is 2. The number of pyridine rings is 1. The molecule has 0 atom stereocenters. The first-order valence-corrected chi connectivity index (χ1v) is 6.72. The zero-order valence-corrected chi connectivity index (χ0v) is 12.2. The second-order valence-electron chi connectivity index (χ2n) is 3.34. The number of carbonyl (C=O) groups excluding carboxylic acids is 1. The molecule has 1 rings (SSSR count). The summed E-state index contributed by atoms with van der Waals surface area (Å²) < 4.78 is 6.36. The molecular formula is C11H13Br2NO2. The van der Waals surface area contributed by atoms with Gasteiger partial charge in [0.1, 0.15) is 9.21 Å². The summed E-state index contributed by atoms with van der Waals surface area (Å²) in [5, 5.41) is 0. The summed E-state index contributed by atoms with van der Waals surface area (Å²) in [6, 6.07) is 3.29. The minimum Gasteiger partial charge on any atom is -0.462 e. The van der Waals surface area contributed by atoms with E-state index in [1.165, 1.54) is 0 Å². The van der Waals surface area contributed by atoms with Crippen LogP contribution in [0.15, 0.2) is 21.3 Å². The van der Waals surface area contributed by atoms with E-state index < -0.39 is 0 Å². The van der Waals surface area contributed by atoms with Crippen LogP contribution in [-0.2, 0) is 4.74 Å². The summed E-state index contributed by atoms with van der Waals surface area (Å²) in [5.41, 5.74) is 0.505. The van der Waals surface area contributed by atoms with Gasteiger partial charge in [-0.15, -0.1) is 0 Å². The molecule has 0 aromatic carbocycles. The van der Waals surface area contributed by atoms with Gasteiger partial charge >= 0.3 is 5.97 Å². The third kappa shape index (κ3) is 4.61. The smallest absolute Gasteiger partial charge is 0.338 e. The van der Waals surface area contributed by atoms with Crippen LogP contribution in [0, 0.1) is 0 Å². The lowest BCUT2D eigenvalue weighted by molar-refractivity contribution is 0.0498. The average Bonchev–Trinajstić information content (AvgIpc) is 2.22. The first-order valence-electron chi connectivity index (χ1n) is 5.13. The van der Waals surface area contributed by atoms with Gasteiger partial charge in [-0.3, -0.25) is 0 Å². The normalized spacial score (nSPS) is 10.2. The van der Waals surface area contributed by atoms with Crippen LogP contribution in [0.5, 0.6) is 0 Å². The number of ether oxygens (including phenoxy) is 1. The lowest BCUT2D eigenvalue weighted by atomic mass is 10.2. The number of hydrogen-bond donors (Lipinski definition) is 0. The summed E-state index contributed by atoms with van der Waals surface area (Å²) in [6.45, 7) is 2.59. The van der Waals surface area contributed by atoms with Gasteiger partial charge in [0.2, 0.25) is 0 Å². The molecule has 3 nitrogen and oxygen atoms in total. The SMILES string of the molecule is CCCCCOC(=O)c1cc(Br)nc(Br)c1. The van der Waals surface area contributed by atoms with Crippen molar-refractivity contribution >= 4 is 37.8 Å². The fourth-order valence-corrected chi connectivity index (χ4v) is 2.30. The minimum absolute atomic E-state index is 0.306. The highest BCUT2D eigenvalue weighted by Crippen LogP contribution is 2.16. The number of esters is 1. The Kier molecular flexibility index (Phi) is 5.98. The predicted molar refractivity (Wildman–Crippen MR) is 69.4 cm³/mol. The highest BCUT2D eigenvalue weighted by Gasteiger charge is 2.09. The zero-order chi connectivity index (χ0) is 12.0. The molecule has 0 bridgehead atoms. The molecule has 1 heterocycles. The van der Waals surface area contributed by atoms with Crippen molar-refractivity contribution in [2.75, 3.05) is 6.61 Å². The number of aromatic nitrogens is 1. The maximum atomic E-state index is 11.6. The molecule has 0 aliphatic rings. The van der Waals surface area contributed by atoms with Crippen molar-refractivity contribution in [1.82, 2.24) is 4.98 Å². The highest BCUT2D eigenvalue weighted by atomic mass is 79.9. The van der Waals surface area contributed by atoms with Gasteiger partial charge in [-0.2, -0.15) is 0 Å². The number of carbonyl (C=O) groups is 1. The lowest BCUT2D eigenvalue weighted by Gasteiger charge is -2.04. The Bertz CT molecular complexity index is 349. The molecule has 16 heavy (non-hydrogen) atoms. The zero-order valence-electron chi connectivity index (χ0n) is 9.00. The largest absolute Gasteiger partial charge is 0.462 e. The van der Waals surface area contributed by atoms with Crippen LogP contribution in [0.4, 0.5) is 0 Å². The van der Waals surface area contributed by atoms with Gasteiger partial charge in [0, 0.05) is 0 Å². The van der Waals surface area contributed by atoms with Gasteiger partial charge in [-0.05, 0) is 50.4 Å². The van der Waals surface area contributed by atoms with Crippen LogP contribution < -0.4 is 0 Å². The lowest BCUT2D eigenvalue weighted by Crippen LogP contribution is -2.06. The molecule has 0 amide bonds. The molecule has 0 saturated carbocycles. The third-order valence-corrected chi connectivity index (χ3v) is 2.79. The van der Waals surface area contributed by atoms with E-state index in [2.05, 4.69) is 43.8 Å². The monoisotopic (exact) mass is 349 g/mol. The maximum absolute atomic E-state index is 11.6. The van der Waals surface area contributed by atoms with Crippen molar-refractivity contribution in [3.8, 4) is 0 Å². The van der Waals surface area contributed by atoms with Gasteiger partial charge in [0.15, 0.2) is 0 Å². The van der Waals surface area contributed by atoms with Gasteiger partial charge in [0.05, 0.1) is 12.2 Å². The van der Waals surface area contributed by atoms with E-state index in [9.17, 15) is 4.79 Å². The standard InChI is InChI=1S/C11H13Br2NO2/c1-2-3-4-5-16-11(15)8-6-9(12)14-10(13)7-8/h6-7H,2-5H2,1H3. The molecule has 88 valence electrons. The predicted octanol–water partition coefficient (Wildman–Crippen LogP) is 3.95. The number of hydrogen-bond acceptors (Lipinski definition) is 3. The van der Waals surface area contributed by atoms with E-state index in [-0.39, 0.29) is 5.97 Å². The fourth-order valence-electron chi connectivity index (χ4n) is 1.18. The summed E-state index contributed by atoms with van der Waals surface area (Å²) in [5.74, 6) is -0.306. The minimum atomic E-state index is -0.306. The molecule has 0 fully saturated rings. The van der Waals surface area contributed by atoms with Crippen molar-refractivity contribution in [2.45, 2.75) is 26.2 Å². The van der Waals surface area contributed by atoms with Crippen LogP contribution >= 0.6 is 31.9 Å². The second kappa shape index (κ2) is 7.01. The fraction of sp³-hybridized carbons (Fsp3) is 0.455. The van der Waals surface area contributed by atoms with Crippen LogP contribution in [0.25, 0.3) is 0 Å². The van der Waals surface area contributed by atoms with Crippen molar-refractivity contribution < 1.29 is 9.53 Å². The van der Waals surface area contributed by atoms with Crippen molar-refractivity contribution in [3.05, 3.63) is 26.9 Å². The van der Waals surface area contributed by atoms with Gasteiger partial charge in [-0.1, -0.05) is 19.8 Å². The molecule has 0 radical (unpaired) electrons. The maximum Gasteiger partial charge on any atom is 0.338 e. The molecule has 0 N–H and O–H groups in total. The molecule has 0 saturated heterocycles. The summed E-state index contributed by atoms with van der Waals surface area (Å²) >= 11 is 6.45. The number of rotatable bonds is 5. The third-order valence-electron chi connectivity index (χ3n) is 1.98. The number of nitrogens with zero attached hydrogens (tertiary/aromatic N) is 1. The van der Waals surface area contributed by atoms with Crippen LogP contribution in [0.1, 0.15) is 36.5 Å². The molecule has 0 aliphatic carbocycles. The van der Waals surface area contributed by atoms with Crippen molar-refractivity contribution in [3.63, 3.8) is 0 Å². The summed E-state index contributed by atoms with van der Waals surface area (Å²) in [6.07, 6.45) is 3.11. The van der Waals surface area contributed by atoms with Crippen LogP contribution in [0.3, 0.4) is 0 Å². The van der Waals surface area contributed by atoms with E-state index >= 15 is 0 Å². The Balaban J connectivity index is 2.52. The Labute approximate surface area is 112 Å². The van der Waals surface area contributed by atoms with Crippen molar-refractivity contribution in [1.29, 1.82) is 0 Å². The molecule has 1 aromatic rings. The van der Waals surface area contributed by atoms with Gasteiger partial charge in [0.25, 0.3) is 0 Å². The average molecular weight is 351 g/mol. The van der Waals surface area contributed by atoms with E-state index in [0.717, 1.165) is 19.3 Å². The van der Waals surface area contributed by atoms with Gasteiger partial charge in [-0.25, -0.2) is 9.78 Å². The van der Waals surface area contributed by atoms with E-state index in [1.807, 2.05) is 0 Å². The quantitative estimate of drug-likeness (QED) is 0.458. The van der Waals surface area contributed by atoms with Crippen molar-refractivity contribution in [2.24, 2.45) is 0 Å². The Morgan fingerprint density at radius 3 is 2.50 bits per heavy atom. The molecule has 0 aliphatic heterocycles. The molecule has 0 spiro atoms. The van der Waals surface area contributed by atoms with Crippen LogP contribution in [0.2, 0.25) is 0 Å². The Hall–Kier alpha value is -0.420. The summed E-state index contributed by atoms with van der Waals surface area (Å²) in [7, 11) is 0. The Morgan fingerprint density at radius 1 is 1.31 bits per heavy atom. The Morgan fingerprint density at radius 2 is 1.94 bits per heavy atom. The molecule has 1 aromatic heterocycles. The topological polar surface area (TPSA) is 39.2 Å². The van der Waals surface area contributed by atoms with E-state index in [4.69, 9.17) is 4.74 Å². The molecule has 5 heteroatoms. The molecular weight excluding hydrogens is 338 g/mol. The first-order chi connectivity index (χ1) is 7.63. The van der Waals surface area contributed by atoms with Crippen LogP contribution in [-0.4, -0.2) is 17.6 Å². The first kappa shape index (κ1) is 13.6. The molecule has 0 unspecified atom stereocenters.